The van der Waals surface area contributed by atoms with E-state index in [2.05, 4.69) is 22.5 Å². The molecule has 0 spiro atoms. The Kier molecular flexibility index (Phi) is 5.12. The van der Waals surface area contributed by atoms with Crippen molar-refractivity contribution in [3.8, 4) is 0 Å². The van der Waals surface area contributed by atoms with Crippen LogP contribution < -0.4 is 10.6 Å². The van der Waals surface area contributed by atoms with Crippen molar-refractivity contribution in [2.24, 2.45) is 0 Å². The normalized spacial score (nSPS) is 10.3. The number of amides is 1. The Morgan fingerprint density at radius 1 is 1.35 bits per heavy atom. The fourth-order valence-corrected chi connectivity index (χ4v) is 2.58. The monoisotopic (exact) mass is 289 g/mol. The van der Waals surface area contributed by atoms with Crippen molar-refractivity contribution in [3.05, 3.63) is 45.9 Å². The summed E-state index contributed by atoms with van der Waals surface area (Å²) in [6.07, 6.45) is 2.83. The lowest BCUT2D eigenvalue weighted by Gasteiger charge is -2.11. The van der Waals surface area contributed by atoms with Gasteiger partial charge in [0, 0.05) is 23.3 Å². The topological polar surface area (TPSA) is 54.0 Å². The van der Waals surface area contributed by atoms with Crippen LogP contribution >= 0.6 is 11.3 Å². The highest BCUT2D eigenvalue weighted by atomic mass is 32.1. The second-order valence-electron chi connectivity index (χ2n) is 4.50. The number of rotatable bonds is 6. The number of benzene rings is 1. The standard InChI is InChI=1S/C15H19N3OS/c1-3-8-16-14-7-5-4-6-13(14)15(19)18-10-12-9-17-11(2)20-12/h4-7,9,16H,3,8,10H2,1-2H3,(H,18,19). The molecule has 1 amide bonds. The van der Waals surface area contributed by atoms with Crippen LogP contribution in [0.25, 0.3) is 0 Å². The smallest absolute Gasteiger partial charge is 0.253 e. The molecular weight excluding hydrogens is 270 g/mol. The average Bonchev–Trinajstić information content (AvgIpc) is 2.88. The van der Waals surface area contributed by atoms with Gasteiger partial charge in [-0.25, -0.2) is 4.98 Å². The zero-order valence-corrected chi connectivity index (χ0v) is 12.6. The summed E-state index contributed by atoms with van der Waals surface area (Å²) in [6, 6.07) is 7.58. The number of hydrogen-bond donors (Lipinski definition) is 2. The number of hydrogen-bond acceptors (Lipinski definition) is 4. The van der Waals surface area contributed by atoms with E-state index < -0.39 is 0 Å². The van der Waals surface area contributed by atoms with E-state index in [4.69, 9.17) is 0 Å². The maximum atomic E-state index is 12.2. The highest BCUT2D eigenvalue weighted by Crippen LogP contribution is 2.16. The van der Waals surface area contributed by atoms with E-state index in [0.717, 1.165) is 28.5 Å². The number of aryl methyl sites for hydroxylation is 1. The summed E-state index contributed by atoms with van der Waals surface area (Å²) in [5.41, 5.74) is 1.56. The van der Waals surface area contributed by atoms with Gasteiger partial charge in [-0.1, -0.05) is 19.1 Å². The number of para-hydroxylation sites is 1. The molecule has 0 atom stereocenters. The molecule has 2 aromatic rings. The lowest BCUT2D eigenvalue weighted by molar-refractivity contribution is 0.0952. The molecule has 0 saturated carbocycles. The van der Waals surface area contributed by atoms with Crippen LogP contribution in [0.5, 0.6) is 0 Å². The number of nitrogens with zero attached hydrogens (tertiary/aromatic N) is 1. The molecule has 2 N–H and O–H groups in total. The minimum Gasteiger partial charge on any atom is -0.384 e. The molecule has 1 heterocycles. The summed E-state index contributed by atoms with van der Waals surface area (Å²) in [4.78, 5) is 17.5. The molecule has 106 valence electrons. The average molecular weight is 289 g/mol. The van der Waals surface area contributed by atoms with E-state index >= 15 is 0 Å². The van der Waals surface area contributed by atoms with Gasteiger partial charge in [-0.2, -0.15) is 0 Å². The van der Waals surface area contributed by atoms with Crippen LogP contribution in [0.3, 0.4) is 0 Å². The summed E-state index contributed by atoms with van der Waals surface area (Å²) in [5, 5.41) is 7.23. The first-order chi connectivity index (χ1) is 9.70. The first-order valence-corrected chi connectivity index (χ1v) is 7.54. The molecule has 2 rings (SSSR count). The molecule has 1 aromatic heterocycles. The Balaban J connectivity index is 2.01. The van der Waals surface area contributed by atoms with Crippen molar-refractivity contribution in [1.82, 2.24) is 10.3 Å². The summed E-state index contributed by atoms with van der Waals surface area (Å²) in [6.45, 7) is 5.44. The molecule has 1 aromatic carbocycles. The predicted molar refractivity (Wildman–Crippen MR) is 83.2 cm³/mol. The number of aromatic nitrogens is 1. The molecular formula is C15H19N3OS. The fourth-order valence-electron chi connectivity index (χ4n) is 1.84. The minimum absolute atomic E-state index is 0.0599. The van der Waals surface area contributed by atoms with Crippen LogP contribution in [0.15, 0.2) is 30.5 Å². The van der Waals surface area contributed by atoms with Crippen molar-refractivity contribution in [2.75, 3.05) is 11.9 Å². The van der Waals surface area contributed by atoms with Gasteiger partial charge >= 0.3 is 0 Å². The lowest BCUT2D eigenvalue weighted by atomic mass is 10.1. The molecule has 0 aliphatic rings. The van der Waals surface area contributed by atoms with Gasteiger partial charge in [-0.05, 0) is 25.5 Å². The number of thiazole rings is 1. The Labute approximate surface area is 123 Å². The van der Waals surface area contributed by atoms with E-state index in [9.17, 15) is 4.79 Å². The van der Waals surface area contributed by atoms with Gasteiger partial charge < -0.3 is 10.6 Å². The van der Waals surface area contributed by atoms with Gasteiger partial charge in [0.1, 0.15) is 0 Å². The van der Waals surface area contributed by atoms with E-state index in [1.165, 1.54) is 0 Å². The van der Waals surface area contributed by atoms with E-state index in [1.807, 2.05) is 37.4 Å². The maximum absolute atomic E-state index is 12.2. The predicted octanol–water partition coefficient (Wildman–Crippen LogP) is 3.20. The van der Waals surface area contributed by atoms with Gasteiger partial charge in [0.25, 0.3) is 5.91 Å². The van der Waals surface area contributed by atoms with Gasteiger partial charge in [0.05, 0.1) is 17.1 Å². The Morgan fingerprint density at radius 2 is 2.15 bits per heavy atom. The third kappa shape index (κ3) is 3.81. The number of anilines is 1. The van der Waals surface area contributed by atoms with Crippen molar-refractivity contribution in [2.45, 2.75) is 26.8 Å². The Bertz CT molecular complexity index is 580. The molecule has 0 unspecified atom stereocenters. The first kappa shape index (κ1) is 14.5. The molecule has 20 heavy (non-hydrogen) atoms. The second kappa shape index (κ2) is 7.05. The SMILES string of the molecule is CCCNc1ccccc1C(=O)NCc1cnc(C)s1. The number of carbonyl (C=O) groups is 1. The summed E-state index contributed by atoms with van der Waals surface area (Å²) in [7, 11) is 0. The summed E-state index contributed by atoms with van der Waals surface area (Å²) in [5.74, 6) is -0.0599. The quantitative estimate of drug-likeness (QED) is 0.858. The van der Waals surface area contributed by atoms with Crippen LogP contribution in [-0.2, 0) is 6.54 Å². The van der Waals surface area contributed by atoms with Crippen LogP contribution in [-0.4, -0.2) is 17.4 Å². The number of nitrogens with one attached hydrogen (secondary N) is 2. The molecule has 0 aliphatic carbocycles. The van der Waals surface area contributed by atoms with Crippen molar-refractivity contribution < 1.29 is 4.79 Å². The van der Waals surface area contributed by atoms with Crippen LogP contribution in [0, 0.1) is 6.92 Å². The molecule has 0 radical (unpaired) electrons. The summed E-state index contributed by atoms with van der Waals surface area (Å²) >= 11 is 1.60. The lowest BCUT2D eigenvalue weighted by Crippen LogP contribution is -2.23. The highest BCUT2D eigenvalue weighted by Gasteiger charge is 2.10. The molecule has 5 heteroatoms. The van der Waals surface area contributed by atoms with Gasteiger partial charge in [-0.3, -0.25) is 4.79 Å². The van der Waals surface area contributed by atoms with Crippen LogP contribution in [0.4, 0.5) is 5.69 Å². The number of carbonyl (C=O) groups excluding carboxylic acids is 1. The fraction of sp³-hybridized carbons (Fsp3) is 0.333. The van der Waals surface area contributed by atoms with E-state index in [0.29, 0.717) is 12.1 Å². The van der Waals surface area contributed by atoms with Crippen molar-refractivity contribution >= 4 is 22.9 Å². The Morgan fingerprint density at radius 3 is 2.85 bits per heavy atom. The second-order valence-corrected chi connectivity index (χ2v) is 5.82. The first-order valence-electron chi connectivity index (χ1n) is 6.73. The summed E-state index contributed by atoms with van der Waals surface area (Å²) < 4.78 is 0. The van der Waals surface area contributed by atoms with Crippen molar-refractivity contribution in [3.63, 3.8) is 0 Å². The van der Waals surface area contributed by atoms with E-state index in [-0.39, 0.29) is 5.91 Å². The zero-order valence-electron chi connectivity index (χ0n) is 11.8. The molecule has 0 fully saturated rings. The van der Waals surface area contributed by atoms with Crippen molar-refractivity contribution in [1.29, 1.82) is 0 Å². The third-order valence-electron chi connectivity index (χ3n) is 2.83. The molecule has 0 saturated heterocycles. The highest BCUT2D eigenvalue weighted by molar-refractivity contribution is 7.11. The molecule has 0 bridgehead atoms. The third-order valence-corrected chi connectivity index (χ3v) is 3.74. The van der Waals surface area contributed by atoms with Gasteiger partial charge in [0.2, 0.25) is 0 Å². The van der Waals surface area contributed by atoms with Crippen LogP contribution in [0.1, 0.15) is 33.6 Å². The minimum atomic E-state index is -0.0599. The van der Waals surface area contributed by atoms with Crippen LogP contribution in [0.2, 0.25) is 0 Å². The zero-order chi connectivity index (χ0) is 14.4. The van der Waals surface area contributed by atoms with E-state index in [1.54, 1.807) is 11.3 Å². The molecule has 0 aliphatic heterocycles. The van der Waals surface area contributed by atoms with Gasteiger partial charge in [0.15, 0.2) is 0 Å². The Hall–Kier alpha value is -1.88. The molecule has 4 nitrogen and oxygen atoms in total. The largest absolute Gasteiger partial charge is 0.384 e. The maximum Gasteiger partial charge on any atom is 0.253 e. The van der Waals surface area contributed by atoms with Gasteiger partial charge in [-0.15, -0.1) is 11.3 Å².